The molecule has 0 radical (unpaired) electrons. The average Bonchev–Trinajstić information content (AvgIpc) is 2.83. The van der Waals surface area contributed by atoms with Gasteiger partial charge in [0.1, 0.15) is 11.4 Å². The summed E-state index contributed by atoms with van der Waals surface area (Å²) in [5.41, 5.74) is 2.24. The minimum Gasteiger partial charge on any atom is -0.348 e. The summed E-state index contributed by atoms with van der Waals surface area (Å²) in [5, 5.41) is 2.77. The van der Waals surface area contributed by atoms with Crippen LogP contribution in [0.4, 0.5) is 0 Å². The van der Waals surface area contributed by atoms with Gasteiger partial charge in [-0.15, -0.1) is 0 Å². The number of benzene rings is 2. The number of amides is 2. The third-order valence-corrected chi connectivity index (χ3v) is 6.49. The number of carbonyl (C=O) groups is 2. The van der Waals surface area contributed by atoms with Gasteiger partial charge in [-0.3, -0.25) is 9.59 Å². The Morgan fingerprint density at radius 2 is 1.68 bits per heavy atom. The number of carbonyl (C=O) groups excluding carboxylic acids is 2. The third kappa shape index (κ3) is 3.94. The first-order valence-electron chi connectivity index (χ1n) is 9.24. The van der Waals surface area contributed by atoms with E-state index in [2.05, 4.69) is 19.2 Å². The van der Waals surface area contributed by atoms with Gasteiger partial charge in [0.2, 0.25) is 5.91 Å². The molecule has 0 aliphatic carbocycles. The molecule has 0 spiro atoms. The number of fused-ring (bicyclic) bond motifs is 1. The van der Waals surface area contributed by atoms with E-state index in [4.69, 9.17) is 0 Å². The largest absolute Gasteiger partial charge is 0.348 e. The molecule has 1 aliphatic heterocycles. The minimum absolute atomic E-state index is 0.0541. The van der Waals surface area contributed by atoms with Gasteiger partial charge in [-0.1, -0.05) is 50.2 Å². The smallest absolute Gasteiger partial charge is 0.269 e. The van der Waals surface area contributed by atoms with Crippen molar-refractivity contribution in [2.24, 2.45) is 5.92 Å². The van der Waals surface area contributed by atoms with E-state index in [0.717, 1.165) is 12.0 Å². The lowest BCUT2D eigenvalue weighted by Gasteiger charge is -2.18. The van der Waals surface area contributed by atoms with Crippen LogP contribution in [0.25, 0.3) is 0 Å². The van der Waals surface area contributed by atoms with Crippen molar-refractivity contribution in [3.63, 3.8) is 0 Å². The van der Waals surface area contributed by atoms with Crippen LogP contribution in [-0.2, 0) is 21.2 Å². The summed E-state index contributed by atoms with van der Waals surface area (Å²) in [6.07, 6.45) is 0.983. The Balaban J connectivity index is 1.67. The first-order chi connectivity index (χ1) is 13.2. The van der Waals surface area contributed by atoms with E-state index in [9.17, 15) is 18.0 Å². The van der Waals surface area contributed by atoms with Crippen LogP contribution in [0, 0.1) is 5.92 Å². The van der Waals surface area contributed by atoms with Crippen LogP contribution < -0.4 is 5.32 Å². The molecule has 1 aliphatic rings. The maximum atomic E-state index is 12.5. The fourth-order valence-electron chi connectivity index (χ4n) is 3.30. The van der Waals surface area contributed by atoms with Crippen molar-refractivity contribution in [1.82, 2.24) is 9.62 Å². The van der Waals surface area contributed by atoms with Gasteiger partial charge in [-0.25, -0.2) is 12.7 Å². The van der Waals surface area contributed by atoms with Crippen LogP contribution in [0.15, 0.2) is 53.4 Å². The summed E-state index contributed by atoms with van der Waals surface area (Å²) in [7, 11) is -3.99. The number of sulfonamides is 1. The highest BCUT2D eigenvalue weighted by Crippen LogP contribution is 2.29. The van der Waals surface area contributed by atoms with Crippen LogP contribution >= 0.6 is 0 Å². The molecule has 0 bridgehead atoms. The Morgan fingerprint density at radius 3 is 2.29 bits per heavy atom. The Hall–Kier alpha value is -2.67. The van der Waals surface area contributed by atoms with Crippen molar-refractivity contribution in [2.45, 2.75) is 38.1 Å². The molecule has 7 heteroatoms. The molecule has 0 unspecified atom stereocenters. The Bertz CT molecular complexity index is 997. The van der Waals surface area contributed by atoms with Gasteiger partial charge in [0.25, 0.3) is 15.9 Å². The molecule has 0 saturated carbocycles. The summed E-state index contributed by atoms with van der Waals surface area (Å²) in [5.74, 6) is -0.632. The molecule has 6 nitrogen and oxygen atoms in total. The van der Waals surface area contributed by atoms with Gasteiger partial charge in [-0.2, -0.15) is 0 Å². The fourth-order valence-corrected chi connectivity index (χ4v) is 4.83. The zero-order valence-electron chi connectivity index (χ0n) is 16.2. The van der Waals surface area contributed by atoms with Gasteiger partial charge >= 0.3 is 0 Å². The predicted molar refractivity (Wildman–Crippen MR) is 106 cm³/mol. The highest BCUT2D eigenvalue weighted by Gasteiger charge is 2.41. The second-order valence-corrected chi connectivity index (χ2v) is 9.27. The standard InChI is InChI=1S/C21H24N2O4S/c1-14(2)12-16-8-10-17(11-9-16)15(3)22-20(24)13-23-21(25)18-6-4-5-7-19(18)28(23,26)27/h4-11,14-15H,12-13H2,1-3H3,(H,22,24)/t15-/m0/s1. The molecular formula is C21H24N2O4S. The quantitative estimate of drug-likeness (QED) is 0.808. The Kier molecular flexibility index (Phi) is 5.56. The summed E-state index contributed by atoms with van der Waals surface area (Å²) in [4.78, 5) is 24.8. The summed E-state index contributed by atoms with van der Waals surface area (Å²) in [6.45, 7) is 5.60. The van der Waals surface area contributed by atoms with Crippen LogP contribution in [0.5, 0.6) is 0 Å². The fraction of sp³-hybridized carbons (Fsp3) is 0.333. The van der Waals surface area contributed by atoms with E-state index in [1.165, 1.54) is 17.7 Å². The zero-order valence-corrected chi connectivity index (χ0v) is 17.0. The van der Waals surface area contributed by atoms with E-state index in [1.807, 2.05) is 31.2 Å². The second-order valence-electron chi connectivity index (χ2n) is 7.44. The summed E-state index contributed by atoms with van der Waals surface area (Å²) >= 11 is 0. The normalized spacial score (nSPS) is 16.1. The molecule has 2 aromatic rings. The lowest BCUT2D eigenvalue weighted by atomic mass is 10.00. The van der Waals surface area contributed by atoms with E-state index in [1.54, 1.807) is 12.1 Å². The predicted octanol–water partition coefficient (Wildman–Crippen LogP) is 2.91. The monoisotopic (exact) mass is 400 g/mol. The maximum absolute atomic E-state index is 12.5. The van der Waals surface area contributed by atoms with Gasteiger partial charge < -0.3 is 5.32 Å². The van der Waals surface area contributed by atoms with Crippen LogP contribution in [0.1, 0.15) is 48.3 Å². The van der Waals surface area contributed by atoms with Gasteiger partial charge in [-0.05, 0) is 42.5 Å². The van der Waals surface area contributed by atoms with Crippen LogP contribution in [0.3, 0.4) is 0 Å². The molecule has 0 fully saturated rings. The third-order valence-electron chi connectivity index (χ3n) is 4.70. The van der Waals surface area contributed by atoms with E-state index < -0.39 is 28.4 Å². The molecule has 0 aromatic heterocycles. The lowest BCUT2D eigenvalue weighted by molar-refractivity contribution is -0.121. The molecule has 1 heterocycles. The Labute approximate surface area is 165 Å². The number of hydrogen-bond donors (Lipinski definition) is 1. The molecule has 148 valence electrons. The topological polar surface area (TPSA) is 83.6 Å². The number of hydrogen-bond acceptors (Lipinski definition) is 4. The van der Waals surface area contributed by atoms with Crippen LogP contribution in [-0.4, -0.2) is 31.1 Å². The second kappa shape index (κ2) is 7.75. The summed E-state index contributed by atoms with van der Waals surface area (Å²) < 4.78 is 25.7. The molecule has 28 heavy (non-hydrogen) atoms. The van der Waals surface area contributed by atoms with E-state index in [0.29, 0.717) is 10.2 Å². The van der Waals surface area contributed by atoms with Crippen molar-refractivity contribution in [2.75, 3.05) is 6.54 Å². The highest BCUT2D eigenvalue weighted by molar-refractivity contribution is 7.90. The molecule has 1 N–H and O–H groups in total. The Morgan fingerprint density at radius 1 is 1.04 bits per heavy atom. The van der Waals surface area contributed by atoms with Gasteiger partial charge in [0.15, 0.2) is 0 Å². The number of nitrogens with zero attached hydrogens (tertiary/aromatic N) is 1. The number of rotatable bonds is 6. The minimum atomic E-state index is -3.99. The first-order valence-corrected chi connectivity index (χ1v) is 10.7. The zero-order chi connectivity index (χ0) is 20.5. The molecule has 3 rings (SSSR count). The molecule has 1 atom stereocenters. The van der Waals surface area contributed by atoms with Crippen molar-refractivity contribution in [3.8, 4) is 0 Å². The maximum Gasteiger partial charge on any atom is 0.269 e. The van der Waals surface area contributed by atoms with E-state index >= 15 is 0 Å². The molecule has 2 amide bonds. The molecule has 2 aromatic carbocycles. The SMILES string of the molecule is CC(C)Cc1ccc([C@H](C)NC(=O)CN2C(=O)c3ccccc3S2(=O)=O)cc1. The first kappa shape index (κ1) is 20.1. The van der Waals surface area contributed by atoms with Crippen molar-refractivity contribution in [3.05, 3.63) is 65.2 Å². The van der Waals surface area contributed by atoms with Gasteiger partial charge in [0, 0.05) is 0 Å². The van der Waals surface area contributed by atoms with Crippen molar-refractivity contribution >= 4 is 21.8 Å². The number of nitrogens with one attached hydrogen (secondary N) is 1. The van der Waals surface area contributed by atoms with Crippen molar-refractivity contribution < 1.29 is 18.0 Å². The lowest BCUT2D eigenvalue weighted by Crippen LogP contribution is -2.41. The van der Waals surface area contributed by atoms with E-state index in [-0.39, 0.29) is 16.5 Å². The highest BCUT2D eigenvalue weighted by atomic mass is 32.2. The van der Waals surface area contributed by atoms with Crippen LogP contribution in [0.2, 0.25) is 0 Å². The van der Waals surface area contributed by atoms with Gasteiger partial charge in [0.05, 0.1) is 11.6 Å². The van der Waals surface area contributed by atoms with Crippen molar-refractivity contribution in [1.29, 1.82) is 0 Å². The summed E-state index contributed by atoms with van der Waals surface area (Å²) in [6, 6.07) is 13.7. The average molecular weight is 401 g/mol. The molecular weight excluding hydrogens is 376 g/mol. The molecule has 0 saturated heterocycles.